The Bertz CT molecular complexity index is 510. The number of nitrogens with one attached hydrogen (secondary N) is 1. The molecule has 0 radical (unpaired) electrons. The average molecular weight is 355 g/mol. The van der Waals surface area contributed by atoms with Crippen LogP contribution >= 0.6 is 12.4 Å². The van der Waals surface area contributed by atoms with E-state index >= 15 is 0 Å². The zero-order valence-corrected chi connectivity index (χ0v) is 13.8. The van der Waals surface area contributed by atoms with Crippen LogP contribution in [-0.2, 0) is 0 Å². The standard InChI is InChI=1S/C14H21F3N4O.ClH/c1-21-7-6-18-8-11(21)12-19-13(22-20-12)9-4-2-3-5-10(9)14(15,16)17;/h9-11,18H,2-8H2,1H3;1H. The number of aromatic nitrogens is 2. The molecule has 1 aliphatic heterocycles. The number of hydrogen-bond donors (Lipinski definition) is 1. The predicted octanol–water partition coefficient (Wildman–Crippen LogP) is 2.90. The van der Waals surface area contributed by atoms with Crippen LogP contribution in [0, 0.1) is 5.92 Å². The molecule has 2 aliphatic rings. The minimum absolute atomic E-state index is 0. The molecular weight excluding hydrogens is 333 g/mol. The Morgan fingerprint density at radius 3 is 2.70 bits per heavy atom. The summed E-state index contributed by atoms with van der Waals surface area (Å²) in [5.74, 6) is -1.43. The number of alkyl halides is 3. The van der Waals surface area contributed by atoms with Crippen molar-refractivity contribution in [3.8, 4) is 0 Å². The molecule has 1 aromatic heterocycles. The first kappa shape index (κ1) is 18.5. The van der Waals surface area contributed by atoms with Crippen molar-refractivity contribution in [1.29, 1.82) is 0 Å². The highest BCUT2D eigenvalue weighted by Gasteiger charge is 2.48. The van der Waals surface area contributed by atoms with E-state index < -0.39 is 18.0 Å². The number of rotatable bonds is 2. The second-order valence-corrected chi connectivity index (χ2v) is 6.23. The van der Waals surface area contributed by atoms with Crippen LogP contribution in [0.3, 0.4) is 0 Å². The Hall–Kier alpha value is -0.860. The van der Waals surface area contributed by atoms with Gasteiger partial charge < -0.3 is 9.84 Å². The summed E-state index contributed by atoms with van der Waals surface area (Å²) in [6.45, 7) is 2.42. The van der Waals surface area contributed by atoms with Gasteiger partial charge in [0.2, 0.25) is 5.89 Å². The van der Waals surface area contributed by atoms with E-state index in [-0.39, 0.29) is 30.8 Å². The Morgan fingerprint density at radius 1 is 1.26 bits per heavy atom. The second-order valence-electron chi connectivity index (χ2n) is 6.23. The summed E-state index contributed by atoms with van der Waals surface area (Å²) in [4.78, 5) is 6.40. The molecule has 1 saturated carbocycles. The number of likely N-dealkylation sites (N-methyl/N-ethyl adjacent to an activating group) is 1. The minimum atomic E-state index is -4.21. The molecule has 132 valence electrons. The summed E-state index contributed by atoms with van der Waals surface area (Å²) in [6.07, 6.45) is -2.21. The van der Waals surface area contributed by atoms with E-state index in [2.05, 4.69) is 20.4 Å². The lowest BCUT2D eigenvalue weighted by molar-refractivity contribution is -0.189. The lowest BCUT2D eigenvalue weighted by Gasteiger charge is -2.31. The van der Waals surface area contributed by atoms with Crippen LogP contribution in [0.5, 0.6) is 0 Å². The fourth-order valence-corrected chi connectivity index (χ4v) is 3.45. The van der Waals surface area contributed by atoms with Gasteiger partial charge in [0.25, 0.3) is 0 Å². The van der Waals surface area contributed by atoms with E-state index in [0.717, 1.165) is 19.5 Å². The third-order valence-corrected chi connectivity index (χ3v) is 4.77. The van der Waals surface area contributed by atoms with Crippen molar-refractivity contribution < 1.29 is 17.7 Å². The molecule has 1 aromatic rings. The molecule has 2 heterocycles. The molecular formula is C14H22ClF3N4O. The number of hydrogen-bond acceptors (Lipinski definition) is 5. The van der Waals surface area contributed by atoms with Gasteiger partial charge in [0.05, 0.1) is 12.0 Å². The quantitative estimate of drug-likeness (QED) is 0.885. The zero-order valence-electron chi connectivity index (χ0n) is 13.0. The van der Waals surface area contributed by atoms with Crippen molar-refractivity contribution in [1.82, 2.24) is 20.4 Å². The average Bonchev–Trinajstić information content (AvgIpc) is 2.96. The normalized spacial score (nSPS) is 30.0. The Morgan fingerprint density at radius 2 is 2.00 bits per heavy atom. The summed E-state index contributed by atoms with van der Waals surface area (Å²) in [5, 5.41) is 7.19. The third kappa shape index (κ3) is 3.97. The van der Waals surface area contributed by atoms with Crippen LogP contribution in [0.15, 0.2) is 4.52 Å². The van der Waals surface area contributed by atoms with Crippen molar-refractivity contribution in [2.75, 3.05) is 26.7 Å². The smallest absolute Gasteiger partial charge is 0.339 e. The summed E-state index contributed by atoms with van der Waals surface area (Å²) < 4.78 is 44.8. The molecule has 1 N–H and O–H groups in total. The second kappa shape index (κ2) is 7.36. The van der Waals surface area contributed by atoms with Crippen molar-refractivity contribution in [3.05, 3.63) is 11.7 Å². The molecule has 23 heavy (non-hydrogen) atoms. The predicted molar refractivity (Wildman–Crippen MR) is 80.5 cm³/mol. The fourth-order valence-electron chi connectivity index (χ4n) is 3.45. The van der Waals surface area contributed by atoms with Crippen molar-refractivity contribution in [2.45, 2.75) is 43.8 Å². The van der Waals surface area contributed by atoms with Gasteiger partial charge in [-0.05, 0) is 19.9 Å². The lowest BCUT2D eigenvalue weighted by Crippen LogP contribution is -2.44. The molecule has 5 nitrogen and oxygen atoms in total. The summed E-state index contributed by atoms with van der Waals surface area (Å²) in [5.41, 5.74) is 0. The van der Waals surface area contributed by atoms with Crippen LogP contribution in [0.25, 0.3) is 0 Å². The van der Waals surface area contributed by atoms with Gasteiger partial charge in [0.15, 0.2) is 5.82 Å². The van der Waals surface area contributed by atoms with E-state index in [0.29, 0.717) is 25.2 Å². The molecule has 3 unspecified atom stereocenters. The Labute approximate surface area is 139 Å². The van der Waals surface area contributed by atoms with Gasteiger partial charge in [-0.25, -0.2) is 0 Å². The molecule has 0 aromatic carbocycles. The first-order valence-electron chi connectivity index (χ1n) is 7.78. The van der Waals surface area contributed by atoms with Gasteiger partial charge in [-0.15, -0.1) is 12.4 Å². The maximum absolute atomic E-state index is 13.2. The first-order chi connectivity index (χ1) is 10.5. The summed E-state index contributed by atoms with van der Waals surface area (Å²) in [7, 11) is 1.96. The molecule has 3 atom stereocenters. The van der Waals surface area contributed by atoms with E-state index in [9.17, 15) is 13.2 Å². The molecule has 0 spiro atoms. The fraction of sp³-hybridized carbons (Fsp3) is 0.857. The molecule has 2 fully saturated rings. The van der Waals surface area contributed by atoms with Gasteiger partial charge in [-0.1, -0.05) is 18.0 Å². The van der Waals surface area contributed by atoms with Crippen LogP contribution in [-0.4, -0.2) is 47.9 Å². The van der Waals surface area contributed by atoms with Crippen molar-refractivity contribution >= 4 is 12.4 Å². The highest BCUT2D eigenvalue weighted by Crippen LogP contribution is 2.46. The molecule has 0 amide bonds. The maximum Gasteiger partial charge on any atom is 0.392 e. The lowest BCUT2D eigenvalue weighted by atomic mass is 9.78. The Kier molecular flexibility index (Phi) is 5.91. The molecule has 9 heteroatoms. The zero-order chi connectivity index (χ0) is 15.7. The van der Waals surface area contributed by atoms with Crippen molar-refractivity contribution in [3.63, 3.8) is 0 Å². The van der Waals surface area contributed by atoms with Gasteiger partial charge in [0, 0.05) is 25.6 Å². The van der Waals surface area contributed by atoms with Crippen LogP contribution < -0.4 is 5.32 Å². The van der Waals surface area contributed by atoms with Gasteiger partial charge >= 0.3 is 6.18 Å². The monoisotopic (exact) mass is 354 g/mol. The van der Waals surface area contributed by atoms with Gasteiger partial charge in [0.1, 0.15) is 0 Å². The maximum atomic E-state index is 13.2. The number of piperazine rings is 1. The molecule has 0 bridgehead atoms. The van der Waals surface area contributed by atoms with Crippen LogP contribution in [0.4, 0.5) is 13.2 Å². The van der Waals surface area contributed by atoms with Crippen LogP contribution in [0.1, 0.15) is 49.4 Å². The first-order valence-corrected chi connectivity index (χ1v) is 7.78. The van der Waals surface area contributed by atoms with Crippen molar-refractivity contribution in [2.24, 2.45) is 5.92 Å². The molecule has 1 saturated heterocycles. The topological polar surface area (TPSA) is 54.2 Å². The Balaban J connectivity index is 0.00000192. The van der Waals surface area contributed by atoms with E-state index in [4.69, 9.17) is 4.52 Å². The third-order valence-electron chi connectivity index (χ3n) is 4.77. The van der Waals surface area contributed by atoms with Gasteiger partial charge in [-0.3, -0.25) is 4.90 Å². The SMILES string of the molecule is CN1CCNCC1c1noc(C2CCCCC2C(F)(F)F)n1.Cl. The van der Waals surface area contributed by atoms with E-state index in [1.54, 1.807) is 0 Å². The number of halogens is 4. The van der Waals surface area contributed by atoms with Crippen LogP contribution in [0.2, 0.25) is 0 Å². The largest absolute Gasteiger partial charge is 0.392 e. The highest BCUT2D eigenvalue weighted by molar-refractivity contribution is 5.85. The summed E-state index contributed by atoms with van der Waals surface area (Å²) >= 11 is 0. The molecule has 1 aliphatic carbocycles. The highest BCUT2D eigenvalue weighted by atomic mass is 35.5. The van der Waals surface area contributed by atoms with E-state index in [1.807, 2.05) is 7.05 Å². The summed E-state index contributed by atoms with van der Waals surface area (Å²) in [6, 6.07) is -0.0424. The van der Waals surface area contributed by atoms with E-state index in [1.165, 1.54) is 0 Å². The number of nitrogens with zero attached hydrogens (tertiary/aromatic N) is 3. The minimum Gasteiger partial charge on any atom is -0.339 e. The van der Waals surface area contributed by atoms with Gasteiger partial charge in [-0.2, -0.15) is 18.2 Å². The molecule has 3 rings (SSSR count).